The molecule has 0 aromatic heterocycles. The molecule has 2 rings (SSSR count). The predicted octanol–water partition coefficient (Wildman–Crippen LogP) is 2.46. The van der Waals surface area contributed by atoms with Crippen molar-refractivity contribution in [1.82, 2.24) is 0 Å². The quantitative estimate of drug-likeness (QED) is 0.882. The monoisotopic (exact) mass is 322 g/mol. The van der Waals surface area contributed by atoms with E-state index in [1.165, 1.54) is 0 Å². The van der Waals surface area contributed by atoms with Gasteiger partial charge in [0.25, 0.3) is 0 Å². The lowest BCUT2D eigenvalue weighted by atomic mass is 10.1. The number of hydrogen-bond donors (Lipinski definition) is 1. The Labute approximate surface area is 142 Å². The zero-order chi connectivity index (χ0) is 17.4. The molecule has 4 heteroatoms. The van der Waals surface area contributed by atoms with Crippen LogP contribution in [-0.4, -0.2) is 33.0 Å². The van der Waals surface area contributed by atoms with Gasteiger partial charge < -0.3 is 19.3 Å². The van der Waals surface area contributed by atoms with Crippen LogP contribution in [0.25, 0.3) is 0 Å². The maximum absolute atomic E-state index is 8.75. The molecule has 24 heavy (non-hydrogen) atoms. The van der Waals surface area contributed by atoms with Crippen molar-refractivity contribution in [3.8, 4) is 40.9 Å². The number of hydrogen-bond acceptors (Lipinski definition) is 4. The molecule has 0 atom stereocenters. The standard InChI is InChI=1S/C20H18O4/c1-22-18-13-17(14-19(23-2)20(18)24-3)10-9-16-7-4-6-15(12-16)8-5-11-21/h4,6-7,12-14,21H,11H2,1-3H3. The fourth-order valence-electron chi connectivity index (χ4n) is 2.11. The van der Waals surface area contributed by atoms with E-state index in [0.29, 0.717) is 17.2 Å². The highest BCUT2D eigenvalue weighted by Crippen LogP contribution is 2.37. The fourth-order valence-corrected chi connectivity index (χ4v) is 2.11. The van der Waals surface area contributed by atoms with Gasteiger partial charge in [-0.15, -0.1) is 0 Å². The largest absolute Gasteiger partial charge is 0.493 e. The van der Waals surface area contributed by atoms with Gasteiger partial charge in [-0.05, 0) is 30.3 Å². The molecule has 0 unspecified atom stereocenters. The van der Waals surface area contributed by atoms with Crippen molar-refractivity contribution < 1.29 is 19.3 Å². The molecule has 122 valence electrons. The van der Waals surface area contributed by atoms with Gasteiger partial charge in [-0.25, -0.2) is 0 Å². The molecule has 0 fully saturated rings. The zero-order valence-electron chi connectivity index (χ0n) is 13.8. The lowest BCUT2D eigenvalue weighted by Crippen LogP contribution is -1.95. The van der Waals surface area contributed by atoms with Crippen LogP contribution < -0.4 is 14.2 Å². The summed E-state index contributed by atoms with van der Waals surface area (Å²) >= 11 is 0. The van der Waals surface area contributed by atoms with Gasteiger partial charge in [-0.3, -0.25) is 0 Å². The molecule has 0 heterocycles. The van der Waals surface area contributed by atoms with Crippen LogP contribution in [-0.2, 0) is 0 Å². The van der Waals surface area contributed by atoms with E-state index in [1.54, 1.807) is 33.5 Å². The molecular formula is C20H18O4. The molecule has 2 aromatic rings. The van der Waals surface area contributed by atoms with Crippen LogP contribution in [0, 0.1) is 23.7 Å². The molecule has 0 spiro atoms. The first-order chi connectivity index (χ1) is 11.7. The zero-order valence-corrected chi connectivity index (χ0v) is 13.8. The molecule has 1 N–H and O–H groups in total. The molecule has 0 bridgehead atoms. The predicted molar refractivity (Wildman–Crippen MR) is 92.5 cm³/mol. The third-order valence-corrected chi connectivity index (χ3v) is 3.19. The van der Waals surface area contributed by atoms with Crippen molar-refractivity contribution in [1.29, 1.82) is 0 Å². The van der Waals surface area contributed by atoms with Gasteiger partial charge in [0.05, 0.1) is 21.3 Å². The number of methoxy groups -OCH3 is 3. The Morgan fingerprint density at radius 1 is 0.792 bits per heavy atom. The summed E-state index contributed by atoms with van der Waals surface area (Å²) in [6.07, 6.45) is 0. The van der Waals surface area contributed by atoms with E-state index in [-0.39, 0.29) is 6.61 Å². The Bertz CT molecular complexity index is 807. The topological polar surface area (TPSA) is 47.9 Å². The highest BCUT2D eigenvalue weighted by molar-refractivity contribution is 5.58. The molecule has 0 amide bonds. The van der Waals surface area contributed by atoms with Crippen molar-refractivity contribution in [2.24, 2.45) is 0 Å². The first kappa shape index (κ1) is 17.3. The fraction of sp³-hybridized carbons (Fsp3) is 0.200. The van der Waals surface area contributed by atoms with Crippen molar-refractivity contribution >= 4 is 0 Å². The highest BCUT2D eigenvalue weighted by atomic mass is 16.5. The molecule has 0 aliphatic carbocycles. The van der Waals surface area contributed by atoms with Crippen LogP contribution >= 0.6 is 0 Å². The van der Waals surface area contributed by atoms with Gasteiger partial charge in [-0.1, -0.05) is 29.7 Å². The number of rotatable bonds is 3. The SMILES string of the molecule is COc1cc(C#Cc2cccc(C#CCO)c2)cc(OC)c1OC. The van der Waals surface area contributed by atoms with Gasteiger partial charge >= 0.3 is 0 Å². The summed E-state index contributed by atoms with van der Waals surface area (Å²) in [6.45, 7) is -0.165. The summed E-state index contributed by atoms with van der Waals surface area (Å²) in [6, 6.07) is 11.1. The summed E-state index contributed by atoms with van der Waals surface area (Å²) < 4.78 is 15.9. The van der Waals surface area contributed by atoms with Crippen molar-refractivity contribution in [2.45, 2.75) is 0 Å². The third kappa shape index (κ3) is 4.23. The van der Waals surface area contributed by atoms with Crippen LogP contribution in [0.3, 0.4) is 0 Å². The summed E-state index contributed by atoms with van der Waals surface area (Å²) in [5.74, 6) is 13.3. The van der Waals surface area contributed by atoms with Crippen LogP contribution in [0.5, 0.6) is 17.2 Å². The summed E-state index contributed by atoms with van der Waals surface area (Å²) in [7, 11) is 4.69. The molecule has 0 aliphatic rings. The molecule has 0 saturated carbocycles. The molecule has 0 saturated heterocycles. The third-order valence-electron chi connectivity index (χ3n) is 3.19. The van der Waals surface area contributed by atoms with Crippen molar-refractivity contribution in [3.05, 3.63) is 53.1 Å². The summed E-state index contributed by atoms with van der Waals surface area (Å²) in [5, 5.41) is 8.75. The first-order valence-electron chi connectivity index (χ1n) is 7.23. The van der Waals surface area contributed by atoms with E-state index in [2.05, 4.69) is 23.7 Å². The minimum absolute atomic E-state index is 0.165. The van der Waals surface area contributed by atoms with Crippen molar-refractivity contribution in [2.75, 3.05) is 27.9 Å². The van der Waals surface area contributed by atoms with Crippen LogP contribution in [0.15, 0.2) is 36.4 Å². The first-order valence-corrected chi connectivity index (χ1v) is 7.23. The Balaban J connectivity index is 2.37. The summed E-state index contributed by atoms with van der Waals surface area (Å²) in [4.78, 5) is 0. The van der Waals surface area contributed by atoms with E-state index >= 15 is 0 Å². The molecule has 0 aliphatic heterocycles. The molecule has 4 nitrogen and oxygen atoms in total. The number of aliphatic hydroxyl groups is 1. The molecule has 2 aromatic carbocycles. The highest BCUT2D eigenvalue weighted by Gasteiger charge is 2.12. The maximum Gasteiger partial charge on any atom is 0.203 e. The van der Waals surface area contributed by atoms with E-state index < -0.39 is 0 Å². The van der Waals surface area contributed by atoms with E-state index in [4.69, 9.17) is 19.3 Å². The van der Waals surface area contributed by atoms with Gasteiger partial charge in [0.2, 0.25) is 5.75 Å². The Morgan fingerprint density at radius 2 is 1.38 bits per heavy atom. The van der Waals surface area contributed by atoms with Crippen molar-refractivity contribution in [3.63, 3.8) is 0 Å². The van der Waals surface area contributed by atoms with Gasteiger partial charge in [0.1, 0.15) is 6.61 Å². The van der Waals surface area contributed by atoms with Gasteiger partial charge in [0, 0.05) is 16.7 Å². The van der Waals surface area contributed by atoms with E-state index in [1.807, 2.05) is 24.3 Å². The van der Waals surface area contributed by atoms with Gasteiger partial charge in [0.15, 0.2) is 11.5 Å². The Morgan fingerprint density at radius 3 is 1.92 bits per heavy atom. The molecule has 0 radical (unpaired) electrons. The van der Waals surface area contributed by atoms with Gasteiger partial charge in [-0.2, -0.15) is 0 Å². The van der Waals surface area contributed by atoms with E-state index in [9.17, 15) is 0 Å². The number of benzene rings is 2. The smallest absolute Gasteiger partial charge is 0.203 e. The normalized spacial score (nSPS) is 9.17. The minimum Gasteiger partial charge on any atom is -0.493 e. The maximum atomic E-state index is 8.75. The Hall–Kier alpha value is -3.08. The number of aliphatic hydroxyl groups excluding tert-OH is 1. The van der Waals surface area contributed by atoms with Crippen LogP contribution in [0.4, 0.5) is 0 Å². The number of ether oxygens (including phenoxy) is 3. The van der Waals surface area contributed by atoms with E-state index in [0.717, 1.165) is 16.7 Å². The lowest BCUT2D eigenvalue weighted by Gasteiger charge is -2.12. The second-order valence-corrected chi connectivity index (χ2v) is 4.70. The minimum atomic E-state index is -0.165. The second kappa shape index (κ2) is 8.53. The average molecular weight is 322 g/mol. The van der Waals surface area contributed by atoms with Crippen LogP contribution in [0.2, 0.25) is 0 Å². The average Bonchev–Trinajstić information content (AvgIpc) is 2.63. The Kier molecular flexibility index (Phi) is 6.14. The summed E-state index contributed by atoms with van der Waals surface area (Å²) in [5.41, 5.74) is 2.38. The second-order valence-electron chi connectivity index (χ2n) is 4.70. The molecular weight excluding hydrogens is 304 g/mol. The van der Waals surface area contributed by atoms with Crippen LogP contribution in [0.1, 0.15) is 16.7 Å². The lowest BCUT2D eigenvalue weighted by molar-refractivity contribution is 0.324.